The number of hydrogen-bond acceptors (Lipinski definition) is 2. The Balaban J connectivity index is 2.38. The standard InChI is InChI=1S/C5H10N4/c1-4-2-5(3-7-4)8-9-6/h4-5,7H,2-3H2,1H3/t4-,5-/m0/s1. The van der Waals surface area contributed by atoms with Crippen molar-refractivity contribution < 1.29 is 0 Å². The maximum Gasteiger partial charge on any atom is 0.0513 e. The van der Waals surface area contributed by atoms with Gasteiger partial charge in [-0.05, 0) is 18.9 Å². The third-order valence-corrected chi connectivity index (χ3v) is 1.54. The molecule has 1 rings (SSSR count). The number of rotatable bonds is 1. The zero-order valence-corrected chi connectivity index (χ0v) is 5.41. The van der Waals surface area contributed by atoms with Crippen molar-refractivity contribution in [2.24, 2.45) is 5.11 Å². The van der Waals surface area contributed by atoms with Gasteiger partial charge >= 0.3 is 0 Å². The molecule has 0 unspecified atom stereocenters. The molecule has 9 heavy (non-hydrogen) atoms. The highest BCUT2D eigenvalue weighted by molar-refractivity contribution is 4.83. The van der Waals surface area contributed by atoms with Crippen molar-refractivity contribution >= 4 is 0 Å². The Hall–Kier alpha value is -0.730. The predicted molar refractivity (Wildman–Crippen MR) is 35.0 cm³/mol. The molecule has 0 radical (unpaired) electrons. The summed E-state index contributed by atoms with van der Waals surface area (Å²) in [5.41, 5.74) is 8.04. The summed E-state index contributed by atoms with van der Waals surface area (Å²) in [5, 5.41) is 6.78. The smallest absolute Gasteiger partial charge is 0.0513 e. The Morgan fingerprint density at radius 1 is 1.78 bits per heavy atom. The fraction of sp³-hybridized carbons (Fsp3) is 1.00. The molecule has 0 aliphatic carbocycles. The minimum atomic E-state index is 0.185. The van der Waals surface area contributed by atoms with Crippen LogP contribution in [-0.2, 0) is 0 Å². The molecular formula is C5H10N4. The van der Waals surface area contributed by atoms with Gasteiger partial charge in [0.25, 0.3) is 0 Å². The van der Waals surface area contributed by atoms with Crippen LogP contribution in [0.25, 0.3) is 10.4 Å². The highest BCUT2D eigenvalue weighted by Crippen LogP contribution is 2.08. The monoisotopic (exact) mass is 126 g/mol. The van der Waals surface area contributed by atoms with Gasteiger partial charge < -0.3 is 5.32 Å². The normalized spacial score (nSPS) is 33.9. The topological polar surface area (TPSA) is 60.8 Å². The van der Waals surface area contributed by atoms with Crippen molar-refractivity contribution in [1.82, 2.24) is 5.32 Å². The molecule has 1 saturated heterocycles. The fourth-order valence-corrected chi connectivity index (χ4v) is 1.07. The second-order valence-electron chi connectivity index (χ2n) is 2.40. The Labute approximate surface area is 53.9 Å². The van der Waals surface area contributed by atoms with Gasteiger partial charge in [-0.3, -0.25) is 0 Å². The van der Waals surface area contributed by atoms with E-state index in [9.17, 15) is 0 Å². The van der Waals surface area contributed by atoms with E-state index in [-0.39, 0.29) is 6.04 Å². The zero-order valence-electron chi connectivity index (χ0n) is 5.41. The molecule has 1 heterocycles. The van der Waals surface area contributed by atoms with Crippen LogP contribution in [0.3, 0.4) is 0 Å². The van der Waals surface area contributed by atoms with Crippen LogP contribution < -0.4 is 5.32 Å². The van der Waals surface area contributed by atoms with Gasteiger partial charge in [-0.15, -0.1) is 0 Å². The first-order valence-corrected chi connectivity index (χ1v) is 3.10. The molecule has 4 heteroatoms. The lowest BCUT2D eigenvalue weighted by Gasteiger charge is -1.96. The van der Waals surface area contributed by atoms with E-state index in [4.69, 9.17) is 5.53 Å². The lowest BCUT2D eigenvalue weighted by atomic mass is 10.2. The summed E-state index contributed by atoms with van der Waals surface area (Å²) < 4.78 is 0. The Kier molecular flexibility index (Phi) is 1.92. The third-order valence-electron chi connectivity index (χ3n) is 1.54. The lowest BCUT2D eigenvalue weighted by Crippen LogP contribution is -2.17. The summed E-state index contributed by atoms with van der Waals surface area (Å²) in [6.07, 6.45) is 0.976. The first kappa shape index (κ1) is 6.39. The van der Waals surface area contributed by atoms with Crippen molar-refractivity contribution in [2.75, 3.05) is 6.54 Å². The second kappa shape index (κ2) is 2.71. The number of azide groups is 1. The van der Waals surface area contributed by atoms with Crippen LogP contribution in [-0.4, -0.2) is 18.6 Å². The first-order chi connectivity index (χ1) is 4.33. The van der Waals surface area contributed by atoms with E-state index in [2.05, 4.69) is 22.3 Å². The van der Waals surface area contributed by atoms with Gasteiger partial charge in [-0.25, -0.2) is 0 Å². The van der Waals surface area contributed by atoms with Gasteiger partial charge in [-0.2, -0.15) is 0 Å². The SMILES string of the molecule is C[C@H]1C[C@H](N=[N+]=[N-])CN1. The summed E-state index contributed by atoms with van der Waals surface area (Å²) in [6, 6.07) is 0.700. The lowest BCUT2D eigenvalue weighted by molar-refractivity contribution is 0.656. The molecule has 1 fully saturated rings. The minimum Gasteiger partial charge on any atom is -0.314 e. The molecule has 1 N–H and O–H groups in total. The van der Waals surface area contributed by atoms with E-state index >= 15 is 0 Å². The second-order valence-corrected chi connectivity index (χ2v) is 2.40. The van der Waals surface area contributed by atoms with Gasteiger partial charge in [0.05, 0.1) is 6.04 Å². The number of nitrogens with one attached hydrogen (secondary N) is 1. The molecule has 2 atom stereocenters. The average molecular weight is 126 g/mol. The van der Waals surface area contributed by atoms with E-state index < -0.39 is 0 Å². The molecule has 0 amide bonds. The molecule has 4 nitrogen and oxygen atoms in total. The largest absolute Gasteiger partial charge is 0.314 e. The van der Waals surface area contributed by atoms with Crippen molar-refractivity contribution in [1.29, 1.82) is 0 Å². The molecular weight excluding hydrogens is 116 g/mol. The molecule has 1 aliphatic rings. The average Bonchev–Trinajstić information content (AvgIpc) is 2.17. The number of nitrogens with zero attached hydrogens (tertiary/aromatic N) is 3. The van der Waals surface area contributed by atoms with Gasteiger partial charge in [0, 0.05) is 17.5 Å². The van der Waals surface area contributed by atoms with E-state index in [1.165, 1.54) is 0 Å². The number of hydrogen-bond donors (Lipinski definition) is 1. The summed E-state index contributed by atoms with van der Waals surface area (Å²) in [7, 11) is 0. The Bertz CT molecular complexity index is 138. The van der Waals surface area contributed by atoms with Crippen LogP contribution in [0.1, 0.15) is 13.3 Å². The predicted octanol–water partition coefficient (Wildman–Crippen LogP) is 1.05. The summed E-state index contributed by atoms with van der Waals surface area (Å²) in [6.45, 7) is 2.93. The van der Waals surface area contributed by atoms with Crippen LogP contribution in [0.15, 0.2) is 5.11 Å². The Morgan fingerprint density at radius 3 is 3.00 bits per heavy atom. The van der Waals surface area contributed by atoms with Crippen LogP contribution in [0, 0.1) is 0 Å². The fourth-order valence-electron chi connectivity index (χ4n) is 1.07. The molecule has 0 bridgehead atoms. The summed E-state index contributed by atoms with van der Waals surface area (Å²) in [4.78, 5) is 2.74. The van der Waals surface area contributed by atoms with Crippen molar-refractivity contribution in [3.63, 3.8) is 0 Å². The van der Waals surface area contributed by atoms with Gasteiger partial charge in [0.1, 0.15) is 0 Å². The van der Waals surface area contributed by atoms with E-state index in [0.29, 0.717) is 6.04 Å². The minimum absolute atomic E-state index is 0.185. The summed E-state index contributed by atoms with van der Waals surface area (Å²) in [5.74, 6) is 0. The van der Waals surface area contributed by atoms with E-state index in [1.54, 1.807) is 0 Å². The van der Waals surface area contributed by atoms with Crippen molar-refractivity contribution in [2.45, 2.75) is 25.4 Å². The van der Waals surface area contributed by atoms with Gasteiger partial charge in [-0.1, -0.05) is 5.11 Å². The Morgan fingerprint density at radius 2 is 2.56 bits per heavy atom. The van der Waals surface area contributed by atoms with Crippen LogP contribution in [0.2, 0.25) is 0 Å². The van der Waals surface area contributed by atoms with E-state index in [0.717, 1.165) is 13.0 Å². The maximum atomic E-state index is 8.04. The van der Waals surface area contributed by atoms with Crippen LogP contribution in [0.4, 0.5) is 0 Å². The highest BCUT2D eigenvalue weighted by atomic mass is 15.2. The van der Waals surface area contributed by atoms with Gasteiger partial charge in [0.2, 0.25) is 0 Å². The molecule has 50 valence electrons. The molecule has 1 aliphatic heterocycles. The van der Waals surface area contributed by atoms with Crippen molar-refractivity contribution in [3.05, 3.63) is 10.4 Å². The van der Waals surface area contributed by atoms with Crippen LogP contribution in [0.5, 0.6) is 0 Å². The van der Waals surface area contributed by atoms with Crippen molar-refractivity contribution in [3.8, 4) is 0 Å². The maximum absolute atomic E-state index is 8.04. The zero-order chi connectivity index (χ0) is 6.69. The van der Waals surface area contributed by atoms with Gasteiger partial charge in [0.15, 0.2) is 0 Å². The summed E-state index contributed by atoms with van der Waals surface area (Å²) >= 11 is 0. The highest BCUT2D eigenvalue weighted by Gasteiger charge is 2.18. The van der Waals surface area contributed by atoms with Crippen LogP contribution >= 0.6 is 0 Å². The first-order valence-electron chi connectivity index (χ1n) is 3.10. The molecule has 0 aromatic carbocycles. The molecule has 0 aromatic heterocycles. The third kappa shape index (κ3) is 1.59. The van der Waals surface area contributed by atoms with E-state index in [1.807, 2.05) is 0 Å². The molecule has 0 spiro atoms. The molecule has 0 saturated carbocycles. The molecule has 0 aromatic rings. The quantitative estimate of drug-likeness (QED) is 0.318.